The lowest BCUT2D eigenvalue weighted by Crippen LogP contribution is -2.04. The molecule has 3 nitrogen and oxygen atoms in total. The van der Waals surface area contributed by atoms with Crippen LogP contribution in [0.3, 0.4) is 0 Å². The first kappa shape index (κ1) is 11.5. The van der Waals surface area contributed by atoms with Gasteiger partial charge in [-0.1, -0.05) is 12.1 Å². The molecule has 0 saturated heterocycles. The number of benzene rings is 1. The summed E-state index contributed by atoms with van der Waals surface area (Å²) in [5.41, 5.74) is 3.28. The molecule has 3 heteroatoms. The number of hydrogen-bond donors (Lipinski definition) is 0. The maximum atomic E-state index is 11.1. The summed E-state index contributed by atoms with van der Waals surface area (Å²) in [5, 5.41) is 0. The fourth-order valence-electron chi connectivity index (χ4n) is 1.69. The third-order valence-corrected chi connectivity index (χ3v) is 2.65. The predicted octanol–water partition coefficient (Wildman–Crippen LogP) is 2.50. The average Bonchev–Trinajstić information content (AvgIpc) is 2.77. The summed E-state index contributed by atoms with van der Waals surface area (Å²) in [6, 6.07) is 9.95. The van der Waals surface area contributed by atoms with Crippen molar-refractivity contribution < 1.29 is 9.53 Å². The van der Waals surface area contributed by atoms with E-state index in [0.29, 0.717) is 6.42 Å². The van der Waals surface area contributed by atoms with Crippen LogP contribution in [0.5, 0.6) is 0 Å². The molecule has 0 radical (unpaired) electrons. The Hall–Kier alpha value is -2.03. The number of ether oxygens (including phenoxy) is 1. The second kappa shape index (κ2) is 4.87. The zero-order valence-corrected chi connectivity index (χ0v) is 10.0. The molecule has 2 rings (SSSR count). The highest BCUT2D eigenvalue weighted by Crippen LogP contribution is 2.12. The molecule has 1 aromatic heterocycles. The summed E-state index contributed by atoms with van der Waals surface area (Å²) < 4.78 is 6.68. The number of esters is 1. The molecule has 17 heavy (non-hydrogen) atoms. The van der Waals surface area contributed by atoms with Gasteiger partial charge < -0.3 is 9.30 Å². The Morgan fingerprint density at radius 3 is 2.47 bits per heavy atom. The highest BCUT2D eigenvalue weighted by molar-refractivity contribution is 5.72. The Labute approximate surface area is 101 Å². The molecule has 0 aliphatic rings. The molecule has 0 saturated carbocycles. The monoisotopic (exact) mass is 229 g/mol. The van der Waals surface area contributed by atoms with Crippen LogP contribution in [0.25, 0.3) is 5.69 Å². The van der Waals surface area contributed by atoms with Gasteiger partial charge in [-0.3, -0.25) is 4.79 Å². The minimum Gasteiger partial charge on any atom is -0.469 e. The van der Waals surface area contributed by atoms with Gasteiger partial charge in [0.15, 0.2) is 0 Å². The second-order valence-corrected chi connectivity index (χ2v) is 4.02. The number of aromatic nitrogens is 1. The number of carbonyl (C=O) groups is 1. The fourth-order valence-corrected chi connectivity index (χ4v) is 1.69. The summed E-state index contributed by atoms with van der Waals surface area (Å²) in [4.78, 5) is 11.1. The lowest BCUT2D eigenvalue weighted by molar-refractivity contribution is -0.139. The number of carbonyl (C=O) groups excluding carboxylic acids is 1. The van der Waals surface area contributed by atoms with Crippen LogP contribution < -0.4 is 0 Å². The average molecular weight is 229 g/mol. The molecule has 1 heterocycles. The first-order chi connectivity index (χ1) is 8.19. The van der Waals surface area contributed by atoms with Gasteiger partial charge >= 0.3 is 5.97 Å². The van der Waals surface area contributed by atoms with E-state index in [9.17, 15) is 4.79 Å². The highest BCUT2D eigenvalue weighted by atomic mass is 16.5. The molecule has 0 amide bonds. The number of hydrogen-bond acceptors (Lipinski definition) is 2. The molecule has 0 unspecified atom stereocenters. The maximum Gasteiger partial charge on any atom is 0.309 e. The van der Waals surface area contributed by atoms with E-state index in [1.165, 1.54) is 12.7 Å². The molecule has 0 spiro atoms. The first-order valence-corrected chi connectivity index (χ1v) is 5.50. The molecule has 1 aromatic carbocycles. The van der Waals surface area contributed by atoms with Crippen LogP contribution in [0, 0.1) is 6.92 Å². The molecule has 0 aliphatic carbocycles. The van der Waals surface area contributed by atoms with Crippen molar-refractivity contribution >= 4 is 5.97 Å². The minimum atomic E-state index is -0.213. The molecule has 0 aliphatic heterocycles. The van der Waals surface area contributed by atoms with Crippen molar-refractivity contribution in [1.82, 2.24) is 4.57 Å². The van der Waals surface area contributed by atoms with Crippen LogP contribution in [0.15, 0.2) is 42.7 Å². The normalized spacial score (nSPS) is 10.2. The standard InChI is InChI=1S/C14H15NO2/c1-11-7-8-15(10-11)13-5-3-12(4-6-13)9-14(16)17-2/h3-8,10H,9H2,1-2H3. The van der Waals surface area contributed by atoms with Gasteiger partial charge in [-0.15, -0.1) is 0 Å². The SMILES string of the molecule is COC(=O)Cc1ccc(-n2ccc(C)c2)cc1. The van der Waals surface area contributed by atoms with Gasteiger partial charge in [-0.05, 0) is 36.2 Å². The number of nitrogens with zero attached hydrogens (tertiary/aromatic N) is 1. The summed E-state index contributed by atoms with van der Waals surface area (Å²) in [5.74, 6) is -0.213. The Kier molecular flexibility index (Phi) is 3.28. The molecular formula is C14H15NO2. The largest absolute Gasteiger partial charge is 0.469 e. The van der Waals surface area contributed by atoms with Crippen LogP contribution in [-0.4, -0.2) is 17.6 Å². The van der Waals surface area contributed by atoms with Gasteiger partial charge in [0.05, 0.1) is 13.5 Å². The van der Waals surface area contributed by atoms with Crippen molar-refractivity contribution in [2.24, 2.45) is 0 Å². The smallest absolute Gasteiger partial charge is 0.309 e. The fraction of sp³-hybridized carbons (Fsp3) is 0.214. The van der Waals surface area contributed by atoms with Crippen LogP contribution in [0.2, 0.25) is 0 Å². The van der Waals surface area contributed by atoms with Gasteiger partial charge in [-0.2, -0.15) is 0 Å². The third kappa shape index (κ3) is 2.75. The zero-order valence-electron chi connectivity index (χ0n) is 10.0. The van der Waals surface area contributed by atoms with E-state index in [0.717, 1.165) is 11.3 Å². The van der Waals surface area contributed by atoms with Crippen molar-refractivity contribution in [1.29, 1.82) is 0 Å². The van der Waals surface area contributed by atoms with Crippen molar-refractivity contribution in [3.63, 3.8) is 0 Å². The van der Waals surface area contributed by atoms with Crippen LogP contribution in [0.4, 0.5) is 0 Å². The number of aryl methyl sites for hydroxylation is 1. The molecule has 0 bridgehead atoms. The second-order valence-electron chi connectivity index (χ2n) is 4.02. The predicted molar refractivity (Wildman–Crippen MR) is 66.2 cm³/mol. The van der Waals surface area contributed by atoms with Crippen molar-refractivity contribution in [2.75, 3.05) is 7.11 Å². The van der Waals surface area contributed by atoms with Crippen molar-refractivity contribution in [2.45, 2.75) is 13.3 Å². The Balaban J connectivity index is 2.15. The van der Waals surface area contributed by atoms with Gasteiger partial charge in [0.1, 0.15) is 0 Å². The van der Waals surface area contributed by atoms with Crippen LogP contribution in [-0.2, 0) is 16.0 Å². The van der Waals surface area contributed by atoms with E-state index >= 15 is 0 Å². The van der Waals surface area contributed by atoms with Gasteiger partial charge in [0.2, 0.25) is 0 Å². The molecule has 2 aromatic rings. The van der Waals surface area contributed by atoms with E-state index in [-0.39, 0.29) is 5.97 Å². The molecule has 0 N–H and O–H groups in total. The Morgan fingerprint density at radius 1 is 1.24 bits per heavy atom. The van der Waals surface area contributed by atoms with Crippen molar-refractivity contribution in [3.8, 4) is 5.69 Å². The summed E-state index contributed by atoms with van der Waals surface area (Å²) in [6.07, 6.45) is 4.40. The topological polar surface area (TPSA) is 31.2 Å². The number of methoxy groups -OCH3 is 1. The molecular weight excluding hydrogens is 214 g/mol. The summed E-state index contributed by atoms with van der Waals surface area (Å²) in [6.45, 7) is 2.06. The van der Waals surface area contributed by atoms with Gasteiger partial charge in [0, 0.05) is 18.1 Å². The van der Waals surface area contributed by atoms with E-state index in [1.54, 1.807) is 0 Å². The summed E-state index contributed by atoms with van der Waals surface area (Å²) >= 11 is 0. The van der Waals surface area contributed by atoms with Crippen molar-refractivity contribution in [3.05, 3.63) is 53.9 Å². The van der Waals surface area contributed by atoms with E-state index in [2.05, 4.69) is 28.5 Å². The number of rotatable bonds is 3. The van der Waals surface area contributed by atoms with Crippen LogP contribution >= 0.6 is 0 Å². The van der Waals surface area contributed by atoms with E-state index in [4.69, 9.17) is 0 Å². The first-order valence-electron chi connectivity index (χ1n) is 5.50. The molecule has 0 atom stereocenters. The van der Waals surface area contributed by atoms with E-state index < -0.39 is 0 Å². The lowest BCUT2D eigenvalue weighted by atomic mass is 10.1. The zero-order chi connectivity index (χ0) is 12.3. The molecule has 0 fully saturated rings. The third-order valence-electron chi connectivity index (χ3n) is 2.65. The van der Waals surface area contributed by atoms with Gasteiger partial charge in [0.25, 0.3) is 0 Å². The van der Waals surface area contributed by atoms with Crippen LogP contribution in [0.1, 0.15) is 11.1 Å². The van der Waals surface area contributed by atoms with E-state index in [1.807, 2.05) is 30.5 Å². The summed E-state index contributed by atoms with van der Waals surface area (Å²) in [7, 11) is 1.40. The maximum absolute atomic E-state index is 11.1. The Morgan fingerprint density at radius 2 is 1.94 bits per heavy atom. The minimum absolute atomic E-state index is 0.213. The quantitative estimate of drug-likeness (QED) is 0.757. The molecule has 88 valence electrons. The lowest BCUT2D eigenvalue weighted by Gasteiger charge is -2.04. The highest BCUT2D eigenvalue weighted by Gasteiger charge is 2.03. The Bertz CT molecular complexity index is 511. The van der Waals surface area contributed by atoms with Gasteiger partial charge in [-0.25, -0.2) is 0 Å².